The Hall–Kier alpha value is -2.55. The quantitative estimate of drug-likeness (QED) is 0.563. The lowest BCUT2D eigenvalue weighted by atomic mass is 10.1. The Balaban J connectivity index is 2.15. The highest BCUT2D eigenvalue weighted by molar-refractivity contribution is 7.93. The van der Waals surface area contributed by atoms with E-state index >= 15 is 0 Å². The predicted molar refractivity (Wildman–Crippen MR) is 112 cm³/mol. The second-order valence-electron chi connectivity index (χ2n) is 6.42. The van der Waals surface area contributed by atoms with E-state index < -0.39 is 25.6 Å². The molecular weight excluding hydrogens is 434 g/mol. The Morgan fingerprint density at radius 2 is 1.45 bits per heavy atom. The van der Waals surface area contributed by atoms with E-state index in [9.17, 15) is 21.9 Å². The highest BCUT2D eigenvalue weighted by atomic mass is 35.5. The Morgan fingerprint density at radius 3 is 2.03 bits per heavy atom. The van der Waals surface area contributed by atoms with Gasteiger partial charge in [-0.25, -0.2) is 16.8 Å². The lowest BCUT2D eigenvalue weighted by Crippen LogP contribution is -2.16. The van der Waals surface area contributed by atoms with Gasteiger partial charge in [-0.1, -0.05) is 29.8 Å². The van der Waals surface area contributed by atoms with Crippen molar-refractivity contribution in [1.29, 1.82) is 0 Å². The SMILES string of the molecule is Cc1cc(O)c(S(=O)(=O)c2ccccc2)c(C)c1NS(=O)(=O)c1ccc(Cl)cc1. The zero-order valence-corrected chi connectivity index (χ0v) is 17.9. The number of aromatic hydroxyl groups is 1. The number of benzene rings is 3. The van der Waals surface area contributed by atoms with Gasteiger partial charge >= 0.3 is 0 Å². The van der Waals surface area contributed by atoms with Crippen LogP contribution in [0.3, 0.4) is 0 Å². The Morgan fingerprint density at radius 1 is 0.862 bits per heavy atom. The highest BCUT2D eigenvalue weighted by Crippen LogP contribution is 2.38. The van der Waals surface area contributed by atoms with E-state index in [2.05, 4.69) is 4.72 Å². The molecule has 0 fully saturated rings. The summed E-state index contributed by atoms with van der Waals surface area (Å²) in [5, 5.41) is 10.8. The summed E-state index contributed by atoms with van der Waals surface area (Å²) in [5.74, 6) is -0.446. The van der Waals surface area contributed by atoms with Crippen LogP contribution in [0, 0.1) is 13.8 Å². The standard InChI is InChI=1S/C20H18ClNO5S2/c1-13-12-18(23)20(28(24,25)16-6-4-3-5-7-16)14(2)19(13)22-29(26,27)17-10-8-15(21)9-11-17/h3-12,22-23H,1-2H3. The minimum atomic E-state index is -4.07. The molecule has 3 aromatic carbocycles. The van der Waals surface area contributed by atoms with E-state index in [1.54, 1.807) is 25.1 Å². The van der Waals surface area contributed by atoms with Crippen LogP contribution in [-0.4, -0.2) is 21.9 Å². The summed E-state index contributed by atoms with van der Waals surface area (Å²) in [7, 11) is -8.07. The number of nitrogens with one attached hydrogen (secondary N) is 1. The first-order valence-corrected chi connectivity index (χ1v) is 11.8. The molecule has 152 valence electrons. The smallest absolute Gasteiger partial charge is 0.261 e. The summed E-state index contributed by atoms with van der Waals surface area (Å²) in [6.45, 7) is 3.02. The number of rotatable bonds is 5. The monoisotopic (exact) mass is 451 g/mol. The van der Waals surface area contributed by atoms with Gasteiger partial charge < -0.3 is 5.11 Å². The molecule has 0 atom stereocenters. The maximum absolute atomic E-state index is 13.1. The fourth-order valence-electron chi connectivity index (χ4n) is 2.96. The van der Waals surface area contributed by atoms with Crippen LogP contribution in [0.15, 0.2) is 75.4 Å². The van der Waals surface area contributed by atoms with Gasteiger partial charge in [-0.05, 0) is 67.4 Å². The van der Waals surface area contributed by atoms with Crippen molar-refractivity contribution in [2.24, 2.45) is 0 Å². The minimum Gasteiger partial charge on any atom is -0.507 e. The zero-order chi connectivity index (χ0) is 21.4. The number of anilines is 1. The van der Waals surface area contributed by atoms with Crippen molar-refractivity contribution < 1.29 is 21.9 Å². The molecule has 9 heteroatoms. The Bertz CT molecular complexity index is 1270. The van der Waals surface area contributed by atoms with Crippen molar-refractivity contribution in [2.45, 2.75) is 28.5 Å². The van der Waals surface area contributed by atoms with Crippen LogP contribution in [0.4, 0.5) is 5.69 Å². The van der Waals surface area contributed by atoms with Gasteiger partial charge in [0.15, 0.2) is 0 Å². The van der Waals surface area contributed by atoms with Gasteiger partial charge in [0, 0.05) is 5.02 Å². The first-order chi connectivity index (χ1) is 13.5. The van der Waals surface area contributed by atoms with Crippen LogP contribution in [0.25, 0.3) is 0 Å². The topological polar surface area (TPSA) is 101 Å². The molecule has 0 heterocycles. The largest absolute Gasteiger partial charge is 0.507 e. The van der Waals surface area contributed by atoms with Crippen LogP contribution in [-0.2, 0) is 19.9 Å². The summed E-state index contributed by atoms with van der Waals surface area (Å²) in [6, 6.07) is 14.4. The van der Waals surface area contributed by atoms with Crippen LogP contribution < -0.4 is 4.72 Å². The molecule has 0 aliphatic rings. The normalized spacial score (nSPS) is 12.0. The van der Waals surface area contributed by atoms with Crippen LogP contribution in [0.2, 0.25) is 5.02 Å². The molecule has 0 aliphatic carbocycles. The summed E-state index contributed by atoms with van der Waals surface area (Å²) < 4.78 is 54.1. The second kappa shape index (κ2) is 7.70. The molecule has 3 rings (SSSR count). The number of sulfonamides is 1. The molecular formula is C20H18ClNO5S2. The van der Waals surface area contributed by atoms with Gasteiger partial charge in [0.1, 0.15) is 10.6 Å². The molecule has 0 bridgehead atoms. The Kier molecular flexibility index (Phi) is 5.62. The lowest BCUT2D eigenvalue weighted by Gasteiger charge is -2.18. The predicted octanol–water partition coefficient (Wildman–Crippen LogP) is 4.30. The molecule has 2 N–H and O–H groups in total. The number of sulfone groups is 1. The van der Waals surface area contributed by atoms with Crippen molar-refractivity contribution in [1.82, 2.24) is 0 Å². The summed E-state index contributed by atoms with van der Waals surface area (Å²) in [5.41, 5.74) is 0.570. The third-order valence-corrected chi connectivity index (χ3v) is 7.94. The number of hydrogen-bond acceptors (Lipinski definition) is 5. The molecule has 29 heavy (non-hydrogen) atoms. The molecule has 0 saturated heterocycles. The van der Waals surface area contributed by atoms with Crippen molar-refractivity contribution in [3.63, 3.8) is 0 Å². The maximum atomic E-state index is 13.1. The molecule has 0 saturated carbocycles. The molecule has 0 amide bonds. The number of halogens is 1. The van der Waals surface area contributed by atoms with Gasteiger partial charge in [-0.3, -0.25) is 4.72 Å². The van der Waals surface area contributed by atoms with Crippen LogP contribution >= 0.6 is 11.6 Å². The number of phenols is 1. The van der Waals surface area contributed by atoms with E-state index in [0.29, 0.717) is 10.6 Å². The summed E-state index contributed by atoms with van der Waals surface area (Å²) >= 11 is 5.81. The van der Waals surface area contributed by atoms with Gasteiger partial charge in [0.25, 0.3) is 10.0 Å². The van der Waals surface area contributed by atoms with E-state index in [1.165, 1.54) is 49.4 Å². The molecule has 0 radical (unpaired) electrons. The van der Waals surface area contributed by atoms with Gasteiger partial charge in [-0.2, -0.15) is 0 Å². The summed E-state index contributed by atoms with van der Waals surface area (Å²) in [4.78, 5) is -0.377. The first-order valence-electron chi connectivity index (χ1n) is 8.46. The molecule has 0 spiro atoms. The number of aryl methyl sites for hydroxylation is 1. The van der Waals surface area contributed by atoms with Gasteiger partial charge in [0.05, 0.1) is 15.5 Å². The van der Waals surface area contributed by atoms with E-state index in [-0.39, 0.29) is 25.9 Å². The van der Waals surface area contributed by atoms with Gasteiger partial charge in [0.2, 0.25) is 9.84 Å². The average molecular weight is 452 g/mol. The molecule has 3 aromatic rings. The maximum Gasteiger partial charge on any atom is 0.261 e. The molecule has 6 nitrogen and oxygen atoms in total. The lowest BCUT2D eigenvalue weighted by molar-refractivity contribution is 0.457. The zero-order valence-electron chi connectivity index (χ0n) is 15.5. The van der Waals surface area contributed by atoms with Crippen molar-refractivity contribution >= 4 is 37.1 Å². The van der Waals surface area contributed by atoms with Crippen molar-refractivity contribution in [3.05, 3.63) is 76.8 Å². The van der Waals surface area contributed by atoms with E-state index in [1.807, 2.05) is 0 Å². The minimum absolute atomic E-state index is 0.00578. The molecule has 0 aliphatic heterocycles. The average Bonchev–Trinajstić information content (AvgIpc) is 2.66. The fourth-order valence-corrected chi connectivity index (χ4v) is 5.88. The third kappa shape index (κ3) is 4.10. The molecule has 0 aromatic heterocycles. The second-order valence-corrected chi connectivity index (χ2v) is 10.4. The highest BCUT2D eigenvalue weighted by Gasteiger charge is 2.28. The van der Waals surface area contributed by atoms with Crippen LogP contribution in [0.1, 0.15) is 11.1 Å². The van der Waals surface area contributed by atoms with Crippen molar-refractivity contribution in [3.8, 4) is 5.75 Å². The summed E-state index contributed by atoms with van der Waals surface area (Å²) in [6.07, 6.45) is 0. The number of phenolic OH excluding ortho intramolecular Hbond substituents is 1. The third-order valence-electron chi connectivity index (χ3n) is 4.38. The van der Waals surface area contributed by atoms with Gasteiger partial charge in [-0.15, -0.1) is 0 Å². The molecule has 0 unspecified atom stereocenters. The van der Waals surface area contributed by atoms with Crippen molar-refractivity contribution in [2.75, 3.05) is 4.72 Å². The number of hydrogen-bond donors (Lipinski definition) is 2. The van der Waals surface area contributed by atoms with E-state index in [0.717, 1.165) is 0 Å². The van der Waals surface area contributed by atoms with E-state index in [4.69, 9.17) is 11.6 Å². The Labute approximate surface area is 174 Å². The van der Waals surface area contributed by atoms with Crippen LogP contribution in [0.5, 0.6) is 5.75 Å². The first kappa shape index (κ1) is 21.2. The fraction of sp³-hybridized carbons (Fsp3) is 0.100.